The molecule has 0 bridgehead atoms. The lowest BCUT2D eigenvalue weighted by atomic mass is 10.0. The van der Waals surface area contributed by atoms with Gasteiger partial charge in [-0.05, 0) is 17.7 Å². The number of nitrogens with one attached hydrogen (secondary N) is 2. The number of aromatic hydroxyl groups is 1. The van der Waals surface area contributed by atoms with Gasteiger partial charge < -0.3 is 21.5 Å². The van der Waals surface area contributed by atoms with Crippen LogP contribution >= 0.6 is 0 Å². The average molecular weight is 479 g/mol. The molecule has 0 radical (unpaired) electrons. The van der Waals surface area contributed by atoms with E-state index in [2.05, 4.69) is 25.7 Å². The number of carbonyl (C=O) groups excluding carboxylic acids is 1. The van der Waals surface area contributed by atoms with Gasteiger partial charge in [-0.3, -0.25) is 9.48 Å². The molecule has 2 atom stereocenters. The molecule has 1 amide bonds. The van der Waals surface area contributed by atoms with E-state index in [0.29, 0.717) is 17.7 Å². The number of nitrogens with zero attached hydrogens (tertiary/aromatic N) is 4. The number of hydrogen-bond donors (Lipinski definition) is 4. The third kappa shape index (κ3) is 5.42. The van der Waals surface area contributed by atoms with E-state index in [-0.39, 0.29) is 41.5 Å². The van der Waals surface area contributed by atoms with Crippen molar-refractivity contribution in [3.63, 3.8) is 0 Å². The highest BCUT2D eigenvalue weighted by atomic mass is 19.4. The summed E-state index contributed by atoms with van der Waals surface area (Å²) in [5.74, 6) is -0.976. The SMILES string of the molecule is Nc1ncc(-c2cc(-c3cnn(CC(F)(F)F)c3)ccc2O)nc1C(=O)N[C@@H]1CNC[C@@H](F)C1. The van der Waals surface area contributed by atoms with Crippen LogP contribution < -0.4 is 16.4 Å². The van der Waals surface area contributed by atoms with E-state index in [0.717, 1.165) is 4.68 Å². The summed E-state index contributed by atoms with van der Waals surface area (Å²) >= 11 is 0. The number of alkyl halides is 4. The summed E-state index contributed by atoms with van der Waals surface area (Å²) in [6.07, 6.45) is -1.60. The Morgan fingerprint density at radius 1 is 1.26 bits per heavy atom. The second-order valence-corrected chi connectivity index (χ2v) is 7.92. The predicted octanol–water partition coefficient (Wildman–Crippen LogP) is 2.29. The number of aromatic nitrogens is 4. The fourth-order valence-corrected chi connectivity index (χ4v) is 3.65. The largest absolute Gasteiger partial charge is 0.507 e. The molecule has 0 aliphatic carbocycles. The molecule has 3 aromatic rings. The molecule has 2 aromatic heterocycles. The second-order valence-electron chi connectivity index (χ2n) is 7.92. The molecular formula is C21H21F4N7O2. The molecule has 1 aliphatic rings. The Morgan fingerprint density at radius 2 is 2.06 bits per heavy atom. The third-order valence-corrected chi connectivity index (χ3v) is 5.23. The molecule has 0 spiro atoms. The highest BCUT2D eigenvalue weighted by Crippen LogP contribution is 2.33. The molecule has 1 aliphatic heterocycles. The van der Waals surface area contributed by atoms with Crippen molar-refractivity contribution in [1.82, 2.24) is 30.4 Å². The Labute approximate surface area is 191 Å². The van der Waals surface area contributed by atoms with Gasteiger partial charge in [0.1, 0.15) is 18.5 Å². The summed E-state index contributed by atoms with van der Waals surface area (Å²) < 4.78 is 52.2. The van der Waals surface area contributed by atoms with Crippen LogP contribution in [0.2, 0.25) is 0 Å². The highest BCUT2D eigenvalue weighted by Gasteiger charge is 2.28. The van der Waals surface area contributed by atoms with Crippen molar-refractivity contribution in [3.05, 3.63) is 42.5 Å². The fraction of sp³-hybridized carbons (Fsp3) is 0.333. The first-order valence-corrected chi connectivity index (χ1v) is 10.3. The molecule has 1 aromatic carbocycles. The number of piperidine rings is 1. The molecule has 0 unspecified atom stereocenters. The van der Waals surface area contributed by atoms with Crippen LogP contribution in [-0.4, -0.2) is 62.2 Å². The van der Waals surface area contributed by atoms with Gasteiger partial charge in [0.2, 0.25) is 0 Å². The quantitative estimate of drug-likeness (QED) is 0.413. The minimum absolute atomic E-state index is 0.117. The van der Waals surface area contributed by atoms with E-state index in [1.54, 1.807) is 0 Å². The molecule has 9 nitrogen and oxygen atoms in total. The van der Waals surface area contributed by atoms with Crippen LogP contribution in [0.1, 0.15) is 16.9 Å². The summed E-state index contributed by atoms with van der Waals surface area (Å²) in [7, 11) is 0. The number of hydrogen-bond acceptors (Lipinski definition) is 7. The third-order valence-electron chi connectivity index (χ3n) is 5.23. The minimum Gasteiger partial charge on any atom is -0.507 e. The first-order chi connectivity index (χ1) is 16.1. The lowest BCUT2D eigenvalue weighted by molar-refractivity contribution is -0.142. The zero-order valence-electron chi connectivity index (χ0n) is 17.7. The van der Waals surface area contributed by atoms with Gasteiger partial charge in [-0.25, -0.2) is 14.4 Å². The van der Waals surface area contributed by atoms with Gasteiger partial charge in [0.25, 0.3) is 5.91 Å². The first-order valence-electron chi connectivity index (χ1n) is 10.3. The van der Waals surface area contributed by atoms with Gasteiger partial charge in [-0.1, -0.05) is 6.07 Å². The van der Waals surface area contributed by atoms with Gasteiger partial charge in [0.15, 0.2) is 11.5 Å². The number of nitrogens with two attached hydrogens (primary N) is 1. The normalized spacial score (nSPS) is 18.6. The van der Waals surface area contributed by atoms with Gasteiger partial charge >= 0.3 is 6.18 Å². The number of nitrogen functional groups attached to an aromatic ring is 1. The Kier molecular flexibility index (Phi) is 6.37. The zero-order chi connectivity index (χ0) is 24.5. The van der Waals surface area contributed by atoms with Gasteiger partial charge in [0, 0.05) is 42.9 Å². The van der Waals surface area contributed by atoms with Crippen LogP contribution in [0.3, 0.4) is 0 Å². The van der Waals surface area contributed by atoms with Gasteiger partial charge in [0.05, 0.1) is 18.1 Å². The summed E-state index contributed by atoms with van der Waals surface area (Å²) in [5.41, 5.74) is 6.79. The van der Waals surface area contributed by atoms with Crippen molar-refractivity contribution >= 4 is 11.7 Å². The predicted molar refractivity (Wildman–Crippen MR) is 114 cm³/mol. The fourth-order valence-electron chi connectivity index (χ4n) is 3.65. The number of carbonyl (C=O) groups is 1. The number of benzene rings is 1. The van der Waals surface area contributed by atoms with Gasteiger partial charge in [-0.15, -0.1) is 0 Å². The van der Waals surface area contributed by atoms with Crippen molar-refractivity contribution in [1.29, 1.82) is 0 Å². The molecule has 1 saturated heterocycles. The van der Waals surface area contributed by atoms with E-state index >= 15 is 0 Å². The Hall–Kier alpha value is -3.74. The molecule has 5 N–H and O–H groups in total. The first kappa shape index (κ1) is 23.4. The lowest BCUT2D eigenvalue weighted by Crippen LogP contribution is -2.49. The van der Waals surface area contributed by atoms with E-state index in [9.17, 15) is 27.5 Å². The highest BCUT2D eigenvalue weighted by molar-refractivity contribution is 5.97. The lowest BCUT2D eigenvalue weighted by Gasteiger charge is -2.26. The molecule has 34 heavy (non-hydrogen) atoms. The van der Waals surface area contributed by atoms with Crippen molar-refractivity contribution in [3.8, 4) is 28.1 Å². The molecule has 1 fully saturated rings. The summed E-state index contributed by atoms with van der Waals surface area (Å²) in [6.45, 7) is -0.627. The summed E-state index contributed by atoms with van der Waals surface area (Å²) in [6, 6.07) is 3.89. The average Bonchev–Trinajstić information content (AvgIpc) is 3.21. The number of anilines is 1. The summed E-state index contributed by atoms with van der Waals surface area (Å²) in [5, 5.41) is 19.6. The van der Waals surface area contributed by atoms with Crippen molar-refractivity contribution in [2.45, 2.75) is 31.4 Å². The van der Waals surface area contributed by atoms with Gasteiger partial charge in [-0.2, -0.15) is 18.3 Å². The maximum Gasteiger partial charge on any atom is 0.408 e. The van der Waals surface area contributed by atoms with Crippen LogP contribution in [0.4, 0.5) is 23.4 Å². The molecule has 3 heterocycles. The maximum absolute atomic E-state index is 13.6. The Bertz CT molecular complexity index is 1200. The second kappa shape index (κ2) is 9.25. The number of halogens is 4. The molecule has 13 heteroatoms. The molecule has 180 valence electrons. The van der Waals surface area contributed by atoms with Crippen LogP contribution in [0.5, 0.6) is 5.75 Å². The smallest absolute Gasteiger partial charge is 0.408 e. The Morgan fingerprint density at radius 3 is 2.79 bits per heavy atom. The molecular weight excluding hydrogens is 458 g/mol. The molecule has 4 rings (SSSR count). The monoisotopic (exact) mass is 479 g/mol. The van der Waals surface area contributed by atoms with E-state index in [4.69, 9.17) is 5.73 Å². The van der Waals surface area contributed by atoms with Crippen LogP contribution in [-0.2, 0) is 6.54 Å². The van der Waals surface area contributed by atoms with Crippen molar-refractivity contribution < 1.29 is 27.5 Å². The molecule has 0 saturated carbocycles. The number of phenolic OH excluding ortho intramolecular Hbond substituents is 1. The number of phenols is 1. The maximum atomic E-state index is 13.6. The summed E-state index contributed by atoms with van der Waals surface area (Å²) in [4.78, 5) is 20.9. The number of amides is 1. The van der Waals surface area contributed by atoms with Crippen LogP contribution in [0, 0.1) is 0 Å². The number of rotatable bonds is 5. The van der Waals surface area contributed by atoms with Crippen LogP contribution in [0.15, 0.2) is 36.8 Å². The van der Waals surface area contributed by atoms with E-state index in [1.807, 2.05) is 0 Å². The van der Waals surface area contributed by atoms with Crippen molar-refractivity contribution in [2.75, 3.05) is 18.8 Å². The standard InChI is InChI=1S/C21H21F4N7O2/c22-13-4-14(7-27-6-13)30-20(34)18-19(26)28-8-16(31-18)15-3-11(1-2-17(15)33)12-5-29-32(9-12)10-21(23,24)25/h1-3,5,8-9,13-14,27,33H,4,6-7,10H2,(H2,26,28)(H,30,34)/t13-,14-/m0/s1. The minimum atomic E-state index is -4.42. The van der Waals surface area contributed by atoms with E-state index < -0.39 is 30.8 Å². The zero-order valence-corrected chi connectivity index (χ0v) is 17.7. The topological polar surface area (TPSA) is 131 Å². The van der Waals surface area contributed by atoms with Crippen LogP contribution in [0.25, 0.3) is 22.4 Å². The van der Waals surface area contributed by atoms with E-state index in [1.165, 1.54) is 36.8 Å². The van der Waals surface area contributed by atoms with Crippen molar-refractivity contribution in [2.24, 2.45) is 0 Å². The Balaban J connectivity index is 1.60.